The fraction of sp³-hybridized carbons (Fsp3) is 0.267. The number of hydrogen-bond donors (Lipinski definition) is 1. The molecule has 39 heavy (non-hydrogen) atoms. The third kappa shape index (κ3) is 5.54. The number of nitrogens with one attached hydrogen (secondary N) is 1. The first-order valence-electron chi connectivity index (χ1n) is 12.5. The molecule has 0 saturated heterocycles. The Morgan fingerprint density at radius 3 is 2.26 bits per heavy atom. The van der Waals surface area contributed by atoms with Crippen LogP contribution in [-0.4, -0.2) is 22.8 Å². The largest absolute Gasteiger partial charge is 0.494 e. The van der Waals surface area contributed by atoms with Crippen molar-refractivity contribution in [3.05, 3.63) is 121 Å². The number of methoxy groups -OCH3 is 1. The molecule has 4 aromatic rings. The summed E-state index contributed by atoms with van der Waals surface area (Å²) >= 11 is 0. The molecule has 0 aliphatic heterocycles. The first kappa shape index (κ1) is 27.9. The van der Waals surface area contributed by atoms with Gasteiger partial charge in [-0.2, -0.15) is 0 Å². The standard InChI is InChI=1S/C30H30F3N3O3/c1-18-9-5-6-10-21(18)16-34-15-19(2)36-29(37)27(22-11-7-14-26(39-4)28(22)33)20(3)35(30(36)38)17-23-24(31)12-8-13-25(23)32/h5-14,19,34H,15-17H2,1-4H3/t19-/m1/s1. The van der Waals surface area contributed by atoms with Crippen LogP contribution in [0.3, 0.4) is 0 Å². The van der Waals surface area contributed by atoms with Crippen molar-refractivity contribution >= 4 is 0 Å². The second kappa shape index (κ2) is 11.7. The van der Waals surface area contributed by atoms with Crippen molar-refractivity contribution in [2.45, 2.75) is 39.9 Å². The second-order valence-corrected chi connectivity index (χ2v) is 9.43. The minimum absolute atomic E-state index is 0.0755. The highest BCUT2D eigenvalue weighted by molar-refractivity contribution is 5.67. The highest BCUT2D eigenvalue weighted by Gasteiger charge is 2.25. The third-order valence-electron chi connectivity index (χ3n) is 6.92. The maximum atomic E-state index is 15.4. The zero-order valence-electron chi connectivity index (χ0n) is 22.2. The van der Waals surface area contributed by atoms with Crippen LogP contribution in [0.2, 0.25) is 0 Å². The van der Waals surface area contributed by atoms with Crippen LogP contribution >= 0.6 is 0 Å². The lowest BCUT2D eigenvalue weighted by molar-refractivity contribution is 0.387. The fourth-order valence-electron chi connectivity index (χ4n) is 4.67. The molecule has 6 nitrogen and oxygen atoms in total. The van der Waals surface area contributed by atoms with Crippen LogP contribution in [0.1, 0.15) is 35.3 Å². The van der Waals surface area contributed by atoms with Gasteiger partial charge in [-0.1, -0.05) is 42.5 Å². The molecule has 1 atom stereocenters. The Morgan fingerprint density at radius 1 is 0.923 bits per heavy atom. The number of aromatic nitrogens is 2. The highest BCUT2D eigenvalue weighted by Crippen LogP contribution is 2.29. The van der Waals surface area contributed by atoms with Crippen LogP contribution in [-0.2, 0) is 13.1 Å². The molecule has 0 aliphatic carbocycles. The maximum Gasteiger partial charge on any atom is 0.331 e. The Balaban J connectivity index is 1.85. The summed E-state index contributed by atoms with van der Waals surface area (Å²) in [6, 6.07) is 14.9. The smallest absolute Gasteiger partial charge is 0.331 e. The molecular formula is C30H30F3N3O3. The quantitative estimate of drug-likeness (QED) is 0.322. The van der Waals surface area contributed by atoms with Gasteiger partial charge in [0, 0.05) is 29.9 Å². The van der Waals surface area contributed by atoms with Gasteiger partial charge in [0.2, 0.25) is 0 Å². The minimum atomic E-state index is -0.832. The summed E-state index contributed by atoms with van der Waals surface area (Å²) in [4.78, 5) is 27.5. The van der Waals surface area contributed by atoms with E-state index in [-0.39, 0.29) is 34.7 Å². The van der Waals surface area contributed by atoms with Gasteiger partial charge >= 0.3 is 5.69 Å². The maximum absolute atomic E-state index is 15.4. The Bertz CT molecular complexity index is 1610. The molecule has 4 rings (SSSR count). The van der Waals surface area contributed by atoms with E-state index in [1.54, 1.807) is 6.92 Å². The van der Waals surface area contributed by atoms with Gasteiger partial charge in [-0.05, 0) is 50.1 Å². The van der Waals surface area contributed by atoms with Crippen LogP contribution in [0, 0.1) is 31.3 Å². The van der Waals surface area contributed by atoms with Crippen LogP contribution < -0.4 is 21.3 Å². The van der Waals surface area contributed by atoms with E-state index in [2.05, 4.69) is 5.32 Å². The Labute approximate surface area is 224 Å². The zero-order chi connectivity index (χ0) is 28.3. The highest BCUT2D eigenvalue weighted by atomic mass is 19.1. The molecule has 1 heterocycles. The van der Waals surface area contributed by atoms with Gasteiger partial charge in [-0.25, -0.2) is 18.0 Å². The molecule has 204 valence electrons. The van der Waals surface area contributed by atoms with Crippen molar-refractivity contribution in [3.63, 3.8) is 0 Å². The van der Waals surface area contributed by atoms with E-state index >= 15 is 4.39 Å². The number of rotatable bonds is 9. The van der Waals surface area contributed by atoms with Crippen LogP contribution in [0.5, 0.6) is 5.75 Å². The topological polar surface area (TPSA) is 65.3 Å². The van der Waals surface area contributed by atoms with Crippen molar-refractivity contribution in [3.8, 4) is 16.9 Å². The van der Waals surface area contributed by atoms with Crippen LogP contribution in [0.25, 0.3) is 11.1 Å². The molecule has 0 fully saturated rings. The molecule has 1 N–H and O–H groups in total. The number of nitrogens with zero attached hydrogens (tertiary/aromatic N) is 2. The number of halogens is 3. The molecule has 1 aromatic heterocycles. The molecule has 0 aliphatic rings. The Morgan fingerprint density at radius 2 is 1.59 bits per heavy atom. The van der Waals surface area contributed by atoms with E-state index in [1.165, 1.54) is 38.3 Å². The lowest BCUT2D eigenvalue weighted by atomic mass is 10.0. The van der Waals surface area contributed by atoms with Gasteiger partial charge in [0.05, 0.1) is 25.3 Å². The zero-order valence-corrected chi connectivity index (χ0v) is 22.2. The number of benzene rings is 3. The van der Waals surface area contributed by atoms with Crippen molar-refractivity contribution in [1.29, 1.82) is 0 Å². The third-order valence-corrected chi connectivity index (χ3v) is 6.92. The lowest BCUT2D eigenvalue weighted by Gasteiger charge is -2.22. The minimum Gasteiger partial charge on any atom is -0.494 e. The molecule has 0 bridgehead atoms. The van der Waals surface area contributed by atoms with Gasteiger partial charge in [0.25, 0.3) is 5.56 Å². The van der Waals surface area contributed by atoms with Crippen molar-refractivity contribution in [2.24, 2.45) is 0 Å². The number of aryl methyl sites for hydroxylation is 1. The van der Waals surface area contributed by atoms with Gasteiger partial charge in [-0.15, -0.1) is 0 Å². The summed E-state index contributed by atoms with van der Waals surface area (Å²) in [5.41, 5.74) is 0.272. The summed E-state index contributed by atoms with van der Waals surface area (Å²) in [5.74, 6) is -2.52. The molecule has 0 radical (unpaired) electrons. The summed E-state index contributed by atoms with van der Waals surface area (Å²) < 4.78 is 51.7. The summed E-state index contributed by atoms with van der Waals surface area (Å²) in [6.07, 6.45) is 0. The molecule has 0 amide bonds. The monoisotopic (exact) mass is 537 g/mol. The first-order valence-corrected chi connectivity index (χ1v) is 12.5. The SMILES string of the molecule is COc1cccc(-c2c(C)n(Cc3c(F)cccc3F)c(=O)n([C@H](C)CNCc3ccccc3C)c2=O)c1F. The summed E-state index contributed by atoms with van der Waals surface area (Å²) in [7, 11) is 1.30. The number of hydrogen-bond acceptors (Lipinski definition) is 4. The van der Waals surface area contributed by atoms with Gasteiger partial charge < -0.3 is 10.1 Å². The fourth-order valence-corrected chi connectivity index (χ4v) is 4.67. The van der Waals surface area contributed by atoms with Gasteiger partial charge in [0.15, 0.2) is 11.6 Å². The molecule has 0 spiro atoms. The Kier molecular flexibility index (Phi) is 8.40. The van der Waals surface area contributed by atoms with E-state index in [4.69, 9.17) is 4.74 Å². The van der Waals surface area contributed by atoms with Gasteiger partial charge in [0.1, 0.15) is 11.6 Å². The lowest BCUT2D eigenvalue weighted by Crippen LogP contribution is -2.46. The van der Waals surface area contributed by atoms with E-state index in [0.717, 1.165) is 32.4 Å². The first-order chi connectivity index (χ1) is 18.6. The van der Waals surface area contributed by atoms with E-state index < -0.39 is 41.3 Å². The summed E-state index contributed by atoms with van der Waals surface area (Å²) in [6.45, 7) is 5.39. The average Bonchev–Trinajstić information content (AvgIpc) is 2.90. The molecule has 0 unspecified atom stereocenters. The van der Waals surface area contributed by atoms with E-state index in [9.17, 15) is 18.4 Å². The van der Waals surface area contributed by atoms with Crippen LogP contribution in [0.4, 0.5) is 13.2 Å². The molecular weight excluding hydrogens is 507 g/mol. The van der Waals surface area contributed by atoms with Crippen molar-refractivity contribution < 1.29 is 17.9 Å². The number of ether oxygens (including phenoxy) is 1. The summed E-state index contributed by atoms with van der Waals surface area (Å²) in [5, 5.41) is 3.26. The van der Waals surface area contributed by atoms with E-state index in [1.807, 2.05) is 31.2 Å². The molecule has 9 heteroatoms. The normalized spacial score (nSPS) is 12.0. The van der Waals surface area contributed by atoms with Crippen molar-refractivity contribution in [2.75, 3.05) is 13.7 Å². The average molecular weight is 538 g/mol. The van der Waals surface area contributed by atoms with Gasteiger partial charge in [-0.3, -0.25) is 13.9 Å². The predicted molar refractivity (Wildman–Crippen MR) is 145 cm³/mol. The predicted octanol–water partition coefficient (Wildman–Crippen LogP) is 5.12. The van der Waals surface area contributed by atoms with E-state index in [0.29, 0.717) is 6.54 Å². The van der Waals surface area contributed by atoms with Crippen LogP contribution in [0.15, 0.2) is 70.3 Å². The second-order valence-electron chi connectivity index (χ2n) is 9.43. The molecule has 3 aromatic carbocycles. The molecule has 0 saturated carbocycles. The van der Waals surface area contributed by atoms with Crippen molar-refractivity contribution in [1.82, 2.24) is 14.5 Å². The Hall–Kier alpha value is -4.11.